The highest BCUT2D eigenvalue weighted by atomic mass is 15.0. The zero-order valence-corrected chi connectivity index (χ0v) is 8.93. The van der Waals surface area contributed by atoms with Crippen LogP contribution < -0.4 is 5.32 Å². The Balaban J connectivity index is 2.23. The van der Waals surface area contributed by atoms with Gasteiger partial charge in [0.15, 0.2) is 0 Å². The van der Waals surface area contributed by atoms with Gasteiger partial charge in [-0.2, -0.15) is 0 Å². The van der Waals surface area contributed by atoms with Gasteiger partial charge in [0, 0.05) is 12.1 Å². The van der Waals surface area contributed by atoms with Crippen LogP contribution in [0.15, 0.2) is 0 Å². The molecule has 0 aromatic rings. The summed E-state index contributed by atoms with van der Waals surface area (Å²) in [6, 6.07) is 1.48. The van der Waals surface area contributed by atoms with Gasteiger partial charge in [-0.1, -0.05) is 20.8 Å². The van der Waals surface area contributed by atoms with E-state index >= 15 is 0 Å². The predicted molar refractivity (Wildman–Crippen MR) is 54.2 cm³/mol. The zero-order valence-electron chi connectivity index (χ0n) is 8.93. The quantitative estimate of drug-likeness (QED) is 0.685. The fourth-order valence-electron chi connectivity index (χ4n) is 1.92. The standard InChI is InChI=1S/C11H23N/c1-8(2)10(4)12-11-6-5-9(3)7-11/h8-12H,5-7H2,1-4H3/t9-,10+,11-/m1/s1. The van der Waals surface area contributed by atoms with E-state index in [0.29, 0.717) is 6.04 Å². The van der Waals surface area contributed by atoms with Crippen molar-refractivity contribution < 1.29 is 0 Å². The third-order valence-corrected chi connectivity index (χ3v) is 3.19. The Kier molecular flexibility index (Phi) is 3.57. The zero-order chi connectivity index (χ0) is 9.14. The number of nitrogens with one attached hydrogen (secondary N) is 1. The summed E-state index contributed by atoms with van der Waals surface area (Å²) in [5, 5.41) is 3.71. The van der Waals surface area contributed by atoms with Crippen molar-refractivity contribution in [1.82, 2.24) is 5.32 Å². The van der Waals surface area contributed by atoms with Crippen LogP contribution in [0.2, 0.25) is 0 Å². The maximum Gasteiger partial charge on any atom is 0.00722 e. The van der Waals surface area contributed by atoms with Gasteiger partial charge in [-0.15, -0.1) is 0 Å². The highest BCUT2D eigenvalue weighted by Crippen LogP contribution is 2.25. The van der Waals surface area contributed by atoms with Crippen molar-refractivity contribution >= 4 is 0 Å². The molecule has 1 fully saturated rings. The van der Waals surface area contributed by atoms with E-state index in [1.807, 2.05) is 0 Å². The Hall–Kier alpha value is -0.0400. The minimum atomic E-state index is 0.681. The molecule has 0 bridgehead atoms. The van der Waals surface area contributed by atoms with Gasteiger partial charge >= 0.3 is 0 Å². The largest absolute Gasteiger partial charge is 0.311 e. The average molecular weight is 169 g/mol. The van der Waals surface area contributed by atoms with E-state index in [1.54, 1.807) is 0 Å². The molecule has 0 aliphatic heterocycles. The second-order valence-electron chi connectivity index (χ2n) is 4.81. The monoisotopic (exact) mass is 169 g/mol. The fraction of sp³-hybridized carbons (Fsp3) is 1.00. The molecule has 0 heterocycles. The lowest BCUT2D eigenvalue weighted by Gasteiger charge is -2.22. The first-order valence-corrected chi connectivity index (χ1v) is 5.35. The Morgan fingerprint density at radius 1 is 1.17 bits per heavy atom. The smallest absolute Gasteiger partial charge is 0.00722 e. The first-order chi connectivity index (χ1) is 5.59. The molecule has 72 valence electrons. The number of hydrogen-bond acceptors (Lipinski definition) is 1. The molecule has 1 aliphatic carbocycles. The second kappa shape index (κ2) is 4.27. The fourth-order valence-corrected chi connectivity index (χ4v) is 1.92. The molecule has 1 saturated carbocycles. The van der Waals surface area contributed by atoms with Gasteiger partial charge in [0.1, 0.15) is 0 Å². The van der Waals surface area contributed by atoms with Gasteiger partial charge in [-0.25, -0.2) is 0 Å². The molecule has 0 aromatic heterocycles. The molecule has 0 amide bonds. The van der Waals surface area contributed by atoms with Crippen molar-refractivity contribution in [2.75, 3.05) is 0 Å². The maximum absolute atomic E-state index is 3.71. The SMILES string of the molecule is CC(C)[C@H](C)N[C@@H]1CC[C@@H](C)C1. The van der Waals surface area contributed by atoms with Crippen molar-refractivity contribution in [3.05, 3.63) is 0 Å². The molecule has 1 aliphatic rings. The highest BCUT2D eigenvalue weighted by molar-refractivity contribution is 4.81. The Labute approximate surface area is 76.9 Å². The first-order valence-electron chi connectivity index (χ1n) is 5.35. The number of rotatable bonds is 3. The van der Waals surface area contributed by atoms with Crippen LogP contribution in [0.25, 0.3) is 0 Å². The second-order valence-corrected chi connectivity index (χ2v) is 4.81. The van der Waals surface area contributed by atoms with E-state index in [2.05, 4.69) is 33.0 Å². The van der Waals surface area contributed by atoms with E-state index in [0.717, 1.165) is 17.9 Å². The van der Waals surface area contributed by atoms with Crippen LogP contribution in [0.3, 0.4) is 0 Å². The lowest BCUT2D eigenvalue weighted by molar-refractivity contribution is 0.369. The highest BCUT2D eigenvalue weighted by Gasteiger charge is 2.22. The van der Waals surface area contributed by atoms with Crippen LogP contribution in [0.5, 0.6) is 0 Å². The maximum atomic E-state index is 3.71. The van der Waals surface area contributed by atoms with Crippen LogP contribution >= 0.6 is 0 Å². The van der Waals surface area contributed by atoms with Crippen LogP contribution in [-0.2, 0) is 0 Å². The van der Waals surface area contributed by atoms with Crippen LogP contribution in [-0.4, -0.2) is 12.1 Å². The molecule has 0 aromatic carbocycles. The van der Waals surface area contributed by atoms with Crippen molar-refractivity contribution in [1.29, 1.82) is 0 Å². The third kappa shape index (κ3) is 2.78. The first kappa shape index (κ1) is 10.0. The van der Waals surface area contributed by atoms with Crippen LogP contribution in [0.4, 0.5) is 0 Å². The lowest BCUT2D eigenvalue weighted by atomic mass is 10.0. The van der Waals surface area contributed by atoms with Crippen LogP contribution in [0, 0.1) is 11.8 Å². The normalized spacial score (nSPS) is 32.8. The van der Waals surface area contributed by atoms with Crippen LogP contribution in [0.1, 0.15) is 47.0 Å². The minimum Gasteiger partial charge on any atom is -0.311 e. The van der Waals surface area contributed by atoms with Gasteiger partial charge < -0.3 is 5.32 Å². The van der Waals surface area contributed by atoms with E-state index in [9.17, 15) is 0 Å². The summed E-state index contributed by atoms with van der Waals surface area (Å²) in [6.45, 7) is 9.24. The molecule has 0 saturated heterocycles. The Morgan fingerprint density at radius 3 is 2.25 bits per heavy atom. The van der Waals surface area contributed by atoms with E-state index in [4.69, 9.17) is 0 Å². The number of hydrogen-bond donors (Lipinski definition) is 1. The van der Waals surface area contributed by atoms with Gasteiger partial charge in [-0.05, 0) is 38.0 Å². The molecule has 1 heteroatoms. The Morgan fingerprint density at radius 2 is 1.83 bits per heavy atom. The summed E-state index contributed by atoms with van der Waals surface area (Å²) in [7, 11) is 0. The minimum absolute atomic E-state index is 0.681. The summed E-state index contributed by atoms with van der Waals surface area (Å²) < 4.78 is 0. The summed E-state index contributed by atoms with van der Waals surface area (Å²) in [6.07, 6.45) is 4.19. The Bertz CT molecular complexity index is 131. The van der Waals surface area contributed by atoms with Gasteiger partial charge in [0.25, 0.3) is 0 Å². The average Bonchev–Trinajstić information content (AvgIpc) is 2.35. The van der Waals surface area contributed by atoms with Crippen molar-refractivity contribution in [2.24, 2.45) is 11.8 Å². The lowest BCUT2D eigenvalue weighted by Crippen LogP contribution is -2.38. The van der Waals surface area contributed by atoms with E-state index < -0.39 is 0 Å². The molecule has 0 spiro atoms. The molecule has 1 rings (SSSR count). The molecule has 3 atom stereocenters. The molecule has 0 radical (unpaired) electrons. The predicted octanol–water partition coefficient (Wildman–Crippen LogP) is 2.81. The molecule has 1 N–H and O–H groups in total. The topological polar surface area (TPSA) is 12.0 Å². The molecule has 1 nitrogen and oxygen atoms in total. The molecular weight excluding hydrogens is 146 g/mol. The van der Waals surface area contributed by atoms with Gasteiger partial charge in [-0.3, -0.25) is 0 Å². The van der Waals surface area contributed by atoms with Gasteiger partial charge in [0.2, 0.25) is 0 Å². The van der Waals surface area contributed by atoms with Crippen molar-refractivity contribution in [3.63, 3.8) is 0 Å². The molecular formula is C11H23N. The summed E-state index contributed by atoms with van der Waals surface area (Å²) in [5.74, 6) is 1.71. The van der Waals surface area contributed by atoms with E-state index in [-0.39, 0.29) is 0 Å². The molecule has 0 unspecified atom stereocenters. The molecule has 12 heavy (non-hydrogen) atoms. The summed E-state index contributed by atoms with van der Waals surface area (Å²) in [4.78, 5) is 0. The van der Waals surface area contributed by atoms with Crippen molar-refractivity contribution in [3.8, 4) is 0 Å². The van der Waals surface area contributed by atoms with E-state index in [1.165, 1.54) is 19.3 Å². The summed E-state index contributed by atoms with van der Waals surface area (Å²) in [5.41, 5.74) is 0. The van der Waals surface area contributed by atoms with Crippen molar-refractivity contribution in [2.45, 2.75) is 59.0 Å². The third-order valence-electron chi connectivity index (χ3n) is 3.19. The summed E-state index contributed by atoms with van der Waals surface area (Å²) >= 11 is 0. The van der Waals surface area contributed by atoms with Gasteiger partial charge in [0.05, 0.1) is 0 Å².